The van der Waals surface area contributed by atoms with Crippen LogP contribution in [0, 0.1) is 0 Å². The van der Waals surface area contributed by atoms with E-state index in [1.807, 2.05) is 36.6 Å². The third-order valence-electron chi connectivity index (χ3n) is 6.16. The Kier molecular flexibility index (Phi) is 4.75. The first-order chi connectivity index (χ1) is 15.5. The summed E-state index contributed by atoms with van der Waals surface area (Å²) in [6.45, 7) is 0.271. The molecule has 4 amide bonds. The van der Waals surface area contributed by atoms with Gasteiger partial charge in [0, 0.05) is 30.4 Å². The minimum Gasteiger partial charge on any atom is -0.412 e. The summed E-state index contributed by atoms with van der Waals surface area (Å²) in [5.74, 6) is 5.17. The van der Waals surface area contributed by atoms with Gasteiger partial charge in [-0.25, -0.2) is 4.79 Å². The molecular weight excluding hydrogens is 410 g/mol. The Morgan fingerprint density at radius 1 is 1.16 bits per heavy atom. The van der Waals surface area contributed by atoms with Gasteiger partial charge in [-0.05, 0) is 41.3 Å². The van der Waals surface area contributed by atoms with E-state index >= 15 is 0 Å². The van der Waals surface area contributed by atoms with Crippen molar-refractivity contribution in [2.45, 2.75) is 24.4 Å². The predicted octanol–water partition coefficient (Wildman–Crippen LogP) is 1.70. The minimum atomic E-state index is -1.38. The third-order valence-corrected chi connectivity index (χ3v) is 6.16. The Morgan fingerprint density at radius 3 is 2.62 bits per heavy atom. The first-order valence-electron chi connectivity index (χ1n) is 10.2. The molecule has 3 aliphatic rings. The molecule has 2 aromatic rings. The van der Waals surface area contributed by atoms with Crippen LogP contribution in [0.1, 0.15) is 39.4 Å². The second kappa shape index (κ2) is 7.61. The molecular formula is C23H21N5O4. The van der Waals surface area contributed by atoms with Crippen LogP contribution in [0.5, 0.6) is 5.75 Å². The molecule has 1 unspecified atom stereocenters. The molecule has 4 N–H and O–H groups in total. The van der Waals surface area contributed by atoms with Crippen molar-refractivity contribution in [1.82, 2.24) is 15.5 Å². The highest BCUT2D eigenvalue weighted by Gasteiger charge is 2.50. The van der Waals surface area contributed by atoms with Crippen LogP contribution in [-0.2, 0) is 16.9 Å². The van der Waals surface area contributed by atoms with Crippen LogP contribution in [0.2, 0.25) is 0 Å². The monoisotopic (exact) mass is 431 g/mol. The number of aliphatic imine (C=N–C) groups is 1. The zero-order chi connectivity index (χ0) is 22.3. The molecule has 9 nitrogen and oxygen atoms in total. The fourth-order valence-corrected chi connectivity index (χ4v) is 4.47. The van der Waals surface area contributed by atoms with Crippen molar-refractivity contribution in [3.63, 3.8) is 0 Å². The van der Waals surface area contributed by atoms with Crippen LogP contribution in [0.4, 0.5) is 4.79 Å². The number of benzene rings is 2. The van der Waals surface area contributed by atoms with E-state index in [2.05, 4.69) is 15.6 Å². The first kappa shape index (κ1) is 20.0. The van der Waals surface area contributed by atoms with E-state index in [1.165, 1.54) is 0 Å². The topological polar surface area (TPSA) is 126 Å². The highest BCUT2D eigenvalue weighted by molar-refractivity contribution is 6.08. The quantitative estimate of drug-likeness (QED) is 0.491. The zero-order valence-corrected chi connectivity index (χ0v) is 17.1. The predicted molar refractivity (Wildman–Crippen MR) is 116 cm³/mol. The van der Waals surface area contributed by atoms with Gasteiger partial charge in [0.1, 0.15) is 5.75 Å². The molecule has 2 aromatic carbocycles. The first-order valence-corrected chi connectivity index (χ1v) is 10.2. The van der Waals surface area contributed by atoms with E-state index < -0.39 is 17.5 Å². The van der Waals surface area contributed by atoms with Gasteiger partial charge >= 0.3 is 6.03 Å². The SMILES string of the molecule is NOc1ccc2c(c1)CN(C[C@@]1(c3ccc(C4C=CN=CC4)cc3)NC(=O)NC1=O)C2=O. The number of carbonyl (C=O) groups excluding carboxylic acids is 3. The van der Waals surface area contributed by atoms with Gasteiger partial charge in [-0.15, -0.1) is 0 Å². The summed E-state index contributed by atoms with van der Waals surface area (Å²) in [4.78, 5) is 48.5. The van der Waals surface area contributed by atoms with Crippen molar-refractivity contribution < 1.29 is 19.2 Å². The molecule has 5 rings (SSSR count). The number of imide groups is 1. The molecule has 0 radical (unpaired) electrons. The Balaban J connectivity index is 1.45. The van der Waals surface area contributed by atoms with E-state index in [1.54, 1.807) is 29.3 Å². The van der Waals surface area contributed by atoms with E-state index in [9.17, 15) is 14.4 Å². The number of rotatable bonds is 5. The minimum absolute atomic E-state index is 0.00770. The highest BCUT2D eigenvalue weighted by Crippen LogP contribution is 2.33. The molecule has 0 spiro atoms. The van der Waals surface area contributed by atoms with E-state index in [4.69, 9.17) is 10.7 Å². The van der Waals surface area contributed by atoms with Gasteiger partial charge in [0.2, 0.25) is 0 Å². The number of carbonyl (C=O) groups is 3. The molecule has 0 aliphatic carbocycles. The van der Waals surface area contributed by atoms with Crippen molar-refractivity contribution in [1.29, 1.82) is 0 Å². The maximum atomic E-state index is 13.0. The van der Waals surface area contributed by atoms with Gasteiger partial charge in [0.05, 0.1) is 6.54 Å². The van der Waals surface area contributed by atoms with E-state index in [0.717, 1.165) is 17.5 Å². The fraction of sp³-hybridized carbons (Fsp3) is 0.217. The Labute approximate surface area is 183 Å². The summed E-state index contributed by atoms with van der Waals surface area (Å²) in [6, 6.07) is 11.9. The van der Waals surface area contributed by atoms with Crippen LogP contribution in [-0.4, -0.2) is 35.5 Å². The lowest BCUT2D eigenvalue weighted by atomic mass is 9.86. The van der Waals surface area contributed by atoms with Gasteiger partial charge in [-0.1, -0.05) is 30.3 Å². The molecule has 9 heteroatoms. The number of urea groups is 1. The van der Waals surface area contributed by atoms with Gasteiger partial charge in [0.25, 0.3) is 11.8 Å². The van der Waals surface area contributed by atoms with Crippen molar-refractivity contribution in [3.05, 3.63) is 77.0 Å². The average Bonchev–Trinajstić information content (AvgIpc) is 3.29. The third kappa shape index (κ3) is 3.23. The number of allylic oxidation sites excluding steroid dienone is 1. The second-order valence-electron chi connectivity index (χ2n) is 8.05. The van der Waals surface area contributed by atoms with Crippen molar-refractivity contribution in [2.24, 2.45) is 10.9 Å². The summed E-state index contributed by atoms with van der Waals surface area (Å²) in [6.07, 6.45) is 6.45. The van der Waals surface area contributed by atoms with Crippen molar-refractivity contribution >= 4 is 24.1 Å². The number of hydrogen-bond donors (Lipinski definition) is 3. The second-order valence-corrected chi connectivity index (χ2v) is 8.05. The standard InChI is InChI=1S/C23H21N5O4/c24-32-18-5-6-19-16(11-18)12-28(20(19)29)13-23(21(30)26-22(31)27-23)17-3-1-14(2-4-17)15-7-9-25-10-8-15/h1-7,9-11,15H,8,12-13,24H2,(H2,26,27,30,31)/t15?,23-/m0/s1. The highest BCUT2D eigenvalue weighted by atomic mass is 16.6. The number of nitrogens with zero attached hydrogens (tertiary/aromatic N) is 2. The number of hydrogen-bond acceptors (Lipinski definition) is 6. The molecule has 162 valence electrons. The zero-order valence-electron chi connectivity index (χ0n) is 17.1. The molecule has 1 saturated heterocycles. The normalized spacial score (nSPS) is 23.8. The molecule has 0 bridgehead atoms. The van der Waals surface area contributed by atoms with Crippen LogP contribution >= 0.6 is 0 Å². The molecule has 0 aromatic heterocycles. The lowest BCUT2D eigenvalue weighted by Gasteiger charge is -2.31. The van der Waals surface area contributed by atoms with Crippen LogP contribution < -0.4 is 21.4 Å². The van der Waals surface area contributed by atoms with Crippen LogP contribution in [0.3, 0.4) is 0 Å². The number of fused-ring (bicyclic) bond motifs is 1. The lowest BCUT2D eigenvalue weighted by Crippen LogP contribution is -2.52. The van der Waals surface area contributed by atoms with E-state index in [0.29, 0.717) is 16.9 Å². The summed E-state index contributed by atoms with van der Waals surface area (Å²) < 4.78 is 0. The number of amides is 4. The van der Waals surface area contributed by atoms with E-state index in [-0.39, 0.29) is 24.9 Å². The summed E-state index contributed by atoms with van der Waals surface area (Å²) in [5, 5.41) is 5.08. The maximum absolute atomic E-state index is 13.0. The number of nitrogens with one attached hydrogen (secondary N) is 2. The van der Waals surface area contributed by atoms with Gasteiger partial charge < -0.3 is 15.1 Å². The smallest absolute Gasteiger partial charge is 0.322 e. The van der Waals surface area contributed by atoms with Gasteiger partial charge in [-0.3, -0.25) is 19.9 Å². The Bertz CT molecular complexity index is 1170. The molecule has 1 fully saturated rings. The molecule has 3 aliphatic heterocycles. The average molecular weight is 431 g/mol. The lowest BCUT2D eigenvalue weighted by molar-refractivity contribution is -0.124. The van der Waals surface area contributed by atoms with Crippen molar-refractivity contribution in [2.75, 3.05) is 6.54 Å². The maximum Gasteiger partial charge on any atom is 0.322 e. The van der Waals surface area contributed by atoms with Crippen molar-refractivity contribution in [3.8, 4) is 5.75 Å². The molecule has 32 heavy (non-hydrogen) atoms. The van der Waals surface area contributed by atoms with Crippen LogP contribution in [0.15, 0.2) is 59.7 Å². The summed E-state index contributed by atoms with van der Waals surface area (Å²) in [5.41, 5.74) is 1.57. The summed E-state index contributed by atoms with van der Waals surface area (Å²) in [7, 11) is 0. The fourth-order valence-electron chi connectivity index (χ4n) is 4.47. The van der Waals surface area contributed by atoms with Gasteiger partial charge in [0.15, 0.2) is 5.54 Å². The Hall–Kier alpha value is -3.98. The van der Waals surface area contributed by atoms with Gasteiger partial charge in [-0.2, -0.15) is 5.90 Å². The Morgan fingerprint density at radius 2 is 1.97 bits per heavy atom. The summed E-state index contributed by atoms with van der Waals surface area (Å²) >= 11 is 0. The molecule has 2 atom stereocenters. The van der Waals surface area contributed by atoms with Crippen LogP contribution in [0.25, 0.3) is 0 Å². The molecule has 0 saturated carbocycles. The number of nitrogens with two attached hydrogens (primary N) is 1. The largest absolute Gasteiger partial charge is 0.412 e. The molecule has 3 heterocycles.